The highest BCUT2D eigenvalue weighted by Crippen LogP contribution is 2.30. The van der Waals surface area contributed by atoms with Gasteiger partial charge in [0.05, 0.1) is 0 Å². The average molecular weight is 477 g/mol. The van der Waals surface area contributed by atoms with Gasteiger partial charge in [-0.1, -0.05) is 68.8 Å². The number of hydrogen-bond donors (Lipinski definition) is 1. The number of esters is 1. The van der Waals surface area contributed by atoms with Crippen LogP contribution in [0.5, 0.6) is 0 Å². The van der Waals surface area contributed by atoms with Gasteiger partial charge in [-0.2, -0.15) is 9.60 Å². The van der Waals surface area contributed by atoms with Crippen LogP contribution in [0.4, 0.5) is 4.39 Å². The molecule has 0 bridgehead atoms. The van der Waals surface area contributed by atoms with Crippen LogP contribution in [0.3, 0.4) is 0 Å². The molecule has 0 aliphatic rings. The Morgan fingerprint density at radius 3 is 2.51 bits per heavy atom. The molecule has 35 heavy (non-hydrogen) atoms. The fourth-order valence-electron chi connectivity index (χ4n) is 3.96. The SMILES string of the molecule is CCCCc1nc(F)c(COC(=O)CCC)n1Cc1ccc(-c2ccccc2-c2nn[nH]n2)cc1. The first-order chi connectivity index (χ1) is 17.1. The van der Waals surface area contributed by atoms with Gasteiger partial charge in [-0.25, -0.2) is 4.98 Å². The number of unbranched alkanes of at least 4 members (excludes halogenated alkanes) is 1. The largest absolute Gasteiger partial charge is 0.459 e. The summed E-state index contributed by atoms with van der Waals surface area (Å²) in [7, 11) is 0. The fraction of sp³-hybridized carbons (Fsp3) is 0.346. The van der Waals surface area contributed by atoms with E-state index in [0.717, 1.165) is 35.1 Å². The molecule has 0 saturated carbocycles. The summed E-state index contributed by atoms with van der Waals surface area (Å²) < 4.78 is 21.9. The third-order valence-electron chi connectivity index (χ3n) is 5.80. The standard InChI is InChI=1S/C26H29FN6O2/c1-3-5-11-23-28-25(27)22(17-35-24(34)8-4-2)33(23)16-18-12-14-19(15-13-18)20-9-6-7-10-21(20)26-29-31-32-30-26/h6-7,9-10,12-15H,3-5,8,11,16-17H2,1-2H3,(H,29,30,31,32). The summed E-state index contributed by atoms with van der Waals surface area (Å²) in [6.45, 7) is 4.30. The van der Waals surface area contributed by atoms with Gasteiger partial charge in [0.25, 0.3) is 0 Å². The molecule has 0 unspecified atom stereocenters. The Bertz CT molecular complexity index is 1250. The highest BCUT2D eigenvalue weighted by atomic mass is 19.1. The molecule has 2 heterocycles. The fourth-order valence-corrected chi connectivity index (χ4v) is 3.96. The highest BCUT2D eigenvalue weighted by molar-refractivity contribution is 5.80. The molecule has 2 aromatic carbocycles. The molecule has 9 heteroatoms. The number of imidazole rings is 1. The van der Waals surface area contributed by atoms with Crippen LogP contribution < -0.4 is 0 Å². The van der Waals surface area contributed by atoms with Crippen molar-refractivity contribution in [2.75, 3.05) is 0 Å². The van der Waals surface area contributed by atoms with Crippen molar-refractivity contribution >= 4 is 5.97 Å². The number of nitrogens with one attached hydrogen (secondary N) is 1. The predicted molar refractivity (Wildman–Crippen MR) is 130 cm³/mol. The molecule has 4 aromatic rings. The number of ether oxygens (including phenoxy) is 1. The molecule has 0 amide bonds. The van der Waals surface area contributed by atoms with Gasteiger partial charge in [-0.3, -0.25) is 4.79 Å². The lowest BCUT2D eigenvalue weighted by Gasteiger charge is -2.13. The zero-order chi connectivity index (χ0) is 24.6. The van der Waals surface area contributed by atoms with E-state index in [4.69, 9.17) is 4.74 Å². The van der Waals surface area contributed by atoms with Gasteiger partial charge in [-0.15, -0.1) is 10.2 Å². The van der Waals surface area contributed by atoms with Crippen LogP contribution in [-0.4, -0.2) is 36.1 Å². The second-order valence-electron chi connectivity index (χ2n) is 8.34. The van der Waals surface area contributed by atoms with Crippen LogP contribution in [0.25, 0.3) is 22.5 Å². The van der Waals surface area contributed by atoms with Crippen molar-refractivity contribution in [1.29, 1.82) is 0 Å². The molecule has 0 saturated heterocycles. The molecular formula is C26H29FN6O2. The number of aryl methyl sites for hydroxylation is 1. The van der Waals surface area contributed by atoms with E-state index in [2.05, 4.69) is 32.5 Å². The summed E-state index contributed by atoms with van der Waals surface area (Å²) >= 11 is 0. The molecule has 2 aromatic heterocycles. The number of nitrogens with zero attached hydrogens (tertiary/aromatic N) is 5. The number of carbonyl (C=O) groups is 1. The van der Waals surface area contributed by atoms with Crippen molar-refractivity contribution in [3.63, 3.8) is 0 Å². The van der Waals surface area contributed by atoms with Gasteiger partial charge in [0.1, 0.15) is 18.1 Å². The Kier molecular flexibility index (Phi) is 7.97. The van der Waals surface area contributed by atoms with Gasteiger partial charge >= 0.3 is 5.97 Å². The van der Waals surface area contributed by atoms with E-state index >= 15 is 0 Å². The second kappa shape index (κ2) is 11.5. The number of H-pyrrole nitrogens is 1. The van der Waals surface area contributed by atoms with Crippen LogP contribution in [0.2, 0.25) is 0 Å². The lowest BCUT2D eigenvalue weighted by molar-refractivity contribution is -0.145. The van der Waals surface area contributed by atoms with E-state index in [0.29, 0.717) is 43.1 Å². The first kappa shape index (κ1) is 24.3. The number of benzene rings is 2. The lowest BCUT2D eigenvalue weighted by atomic mass is 9.98. The number of aromatic amines is 1. The summed E-state index contributed by atoms with van der Waals surface area (Å²) in [5.74, 6) is 0.282. The van der Waals surface area contributed by atoms with Crippen LogP contribution in [0.15, 0.2) is 48.5 Å². The number of hydrogen-bond acceptors (Lipinski definition) is 6. The molecule has 0 aliphatic heterocycles. The molecule has 0 radical (unpaired) electrons. The van der Waals surface area contributed by atoms with Crippen LogP contribution in [0.1, 0.15) is 56.6 Å². The third kappa shape index (κ3) is 5.79. The van der Waals surface area contributed by atoms with E-state index in [1.807, 2.05) is 60.0 Å². The first-order valence-electron chi connectivity index (χ1n) is 11.9. The van der Waals surface area contributed by atoms with Crippen molar-refractivity contribution in [2.45, 2.75) is 59.1 Å². The van der Waals surface area contributed by atoms with E-state index in [1.165, 1.54) is 0 Å². The molecule has 0 aliphatic carbocycles. The molecule has 0 fully saturated rings. The van der Waals surface area contributed by atoms with Crippen LogP contribution >= 0.6 is 0 Å². The Labute approximate surface area is 203 Å². The lowest BCUT2D eigenvalue weighted by Crippen LogP contribution is -2.12. The number of aromatic nitrogens is 6. The highest BCUT2D eigenvalue weighted by Gasteiger charge is 2.19. The van der Waals surface area contributed by atoms with E-state index < -0.39 is 5.95 Å². The van der Waals surface area contributed by atoms with Gasteiger partial charge in [-0.05, 0) is 34.7 Å². The normalized spacial score (nSPS) is 11.1. The van der Waals surface area contributed by atoms with Crippen LogP contribution in [0, 0.1) is 5.95 Å². The molecule has 4 rings (SSSR count). The average Bonchev–Trinajstić information content (AvgIpc) is 3.51. The van der Waals surface area contributed by atoms with Crippen molar-refractivity contribution in [3.05, 3.63) is 71.6 Å². The van der Waals surface area contributed by atoms with Gasteiger partial charge < -0.3 is 9.30 Å². The molecule has 0 spiro atoms. The molecule has 0 atom stereocenters. The molecule has 8 nitrogen and oxygen atoms in total. The predicted octanol–water partition coefficient (Wildman–Crippen LogP) is 5.10. The molecule has 1 N–H and O–H groups in total. The summed E-state index contributed by atoms with van der Waals surface area (Å²) in [6.07, 6.45) is 3.53. The maximum absolute atomic E-state index is 14.8. The second-order valence-corrected chi connectivity index (χ2v) is 8.34. The zero-order valence-corrected chi connectivity index (χ0v) is 20.0. The topological polar surface area (TPSA) is 98.6 Å². The maximum Gasteiger partial charge on any atom is 0.306 e. The number of halogens is 1. The zero-order valence-electron chi connectivity index (χ0n) is 20.0. The third-order valence-corrected chi connectivity index (χ3v) is 5.80. The summed E-state index contributed by atoms with van der Waals surface area (Å²) in [5.41, 5.74) is 4.16. The number of carbonyl (C=O) groups excluding carboxylic acids is 1. The van der Waals surface area contributed by atoms with Crippen molar-refractivity contribution in [2.24, 2.45) is 0 Å². The summed E-state index contributed by atoms with van der Waals surface area (Å²) in [4.78, 5) is 16.0. The smallest absolute Gasteiger partial charge is 0.306 e. The van der Waals surface area contributed by atoms with Gasteiger partial charge in [0, 0.05) is 24.9 Å². The summed E-state index contributed by atoms with van der Waals surface area (Å²) in [5, 5.41) is 14.4. The Morgan fingerprint density at radius 2 is 1.83 bits per heavy atom. The van der Waals surface area contributed by atoms with Gasteiger partial charge in [0.2, 0.25) is 11.8 Å². The summed E-state index contributed by atoms with van der Waals surface area (Å²) in [6, 6.07) is 15.9. The Morgan fingerprint density at radius 1 is 1.06 bits per heavy atom. The van der Waals surface area contributed by atoms with Gasteiger partial charge in [0.15, 0.2) is 0 Å². The first-order valence-corrected chi connectivity index (χ1v) is 11.9. The monoisotopic (exact) mass is 476 g/mol. The molecular weight excluding hydrogens is 447 g/mol. The minimum absolute atomic E-state index is 0.125. The molecule has 182 valence electrons. The van der Waals surface area contributed by atoms with Crippen molar-refractivity contribution in [3.8, 4) is 22.5 Å². The van der Waals surface area contributed by atoms with E-state index in [9.17, 15) is 9.18 Å². The minimum atomic E-state index is -0.578. The van der Waals surface area contributed by atoms with Crippen molar-refractivity contribution < 1.29 is 13.9 Å². The van der Waals surface area contributed by atoms with Crippen molar-refractivity contribution in [1.82, 2.24) is 30.2 Å². The Hall–Kier alpha value is -3.88. The Balaban J connectivity index is 1.59. The van der Waals surface area contributed by atoms with E-state index in [1.54, 1.807) is 0 Å². The minimum Gasteiger partial charge on any atom is -0.459 e. The quantitative estimate of drug-likeness (QED) is 0.302. The number of tetrazole rings is 1. The maximum atomic E-state index is 14.8. The van der Waals surface area contributed by atoms with Crippen LogP contribution in [-0.2, 0) is 29.1 Å². The van der Waals surface area contributed by atoms with E-state index in [-0.39, 0.29) is 12.6 Å². The number of rotatable bonds is 11.